The Balaban J connectivity index is 2.35. The molecular formula is C9H16N2O2. The molecule has 1 heterocycles. The van der Waals surface area contributed by atoms with E-state index >= 15 is 0 Å². The number of carbonyl (C=O) groups excluding carboxylic acids is 1. The number of carbonyl (C=O) groups is 1. The number of rotatable bonds is 2. The van der Waals surface area contributed by atoms with E-state index in [1.165, 1.54) is 13.2 Å². The van der Waals surface area contributed by atoms with Gasteiger partial charge in [0.1, 0.15) is 0 Å². The van der Waals surface area contributed by atoms with E-state index in [1.807, 2.05) is 4.90 Å². The Morgan fingerprint density at radius 1 is 1.69 bits per heavy atom. The summed E-state index contributed by atoms with van der Waals surface area (Å²) in [6, 6.07) is 0.232. The van der Waals surface area contributed by atoms with Crippen molar-refractivity contribution in [2.24, 2.45) is 5.73 Å². The van der Waals surface area contributed by atoms with Gasteiger partial charge in [0.05, 0.1) is 7.11 Å². The highest BCUT2D eigenvalue weighted by atomic mass is 16.5. The van der Waals surface area contributed by atoms with E-state index < -0.39 is 0 Å². The van der Waals surface area contributed by atoms with E-state index in [4.69, 9.17) is 5.73 Å². The smallest absolute Gasteiger partial charge is 0.331 e. The van der Waals surface area contributed by atoms with Crippen molar-refractivity contribution in [3.8, 4) is 0 Å². The molecule has 74 valence electrons. The van der Waals surface area contributed by atoms with Gasteiger partial charge in [-0.3, -0.25) is 0 Å². The molecule has 0 aromatic heterocycles. The number of likely N-dealkylation sites (tertiary alicyclic amines) is 1. The number of ether oxygens (including phenoxy) is 1. The topological polar surface area (TPSA) is 55.6 Å². The van der Waals surface area contributed by atoms with Gasteiger partial charge in [-0.2, -0.15) is 0 Å². The average Bonchev–Trinajstić information content (AvgIpc) is 2.14. The average molecular weight is 184 g/mol. The van der Waals surface area contributed by atoms with Crippen LogP contribution in [0, 0.1) is 0 Å². The molecule has 1 rings (SSSR count). The van der Waals surface area contributed by atoms with Crippen molar-refractivity contribution in [1.29, 1.82) is 0 Å². The van der Waals surface area contributed by atoms with Gasteiger partial charge in [-0.15, -0.1) is 0 Å². The van der Waals surface area contributed by atoms with Crippen LogP contribution >= 0.6 is 0 Å². The SMILES string of the molecule is COC(=O)C=CN1CCCC(N)C1. The zero-order valence-electron chi connectivity index (χ0n) is 7.90. The lowest BCUT2D eigenvalue weighted by Crippen LogP contribution is -2.40. The van der Waals surface area contributed by atoms with Gasteiger partial charge < -0.3 is 15.4 Å². The van der Waals surface area contributed by atoms with Crippen LogP contribution in [0.2, 0.25) is 0 Å². The first-order valence-electron chi connectivity index (χ1n) is 4.48. The van der Waals surface area contributed by atoms with Crippen molar-refractivity contribution in [3.05, 3.63) is 12.3 Å². The Labute approximate surface area is 78.3 Å². The molecule has 4 heteroatoms. The zero-order chi connectivity index (χ0) is 9.68. The lowest BCUT2D eigenvalue weighted by molar-refractivity contribution is -0.134. The number of hydrogen-bond acceptors (Lipinski definition) is 4. The van der Waals surface area contributed by atoms with Gasteiger partial charge in [0.15, 0.2) is 0 Å². The minimum absolute atomic E-state index is 0.232. The fraction of sp³-hybridized carbons (Fsp3) is 0.667. The maximum atomic E-state index is 10.8. The van der Waals surface area contributed by atoms with Gasteiger partial charge in [-0.25, -0.2) is 4.79 Å². The van der Waals surface area contributed by atoms with E-state index in [-0.39, 0.29) is 12.0 Å². The molecule has 1 atom stereocenters. The molecular weight excluding hydrogens is 168 g/mol. The largest absolute Gasteiger partial charge is 0.466 e. The molecule has 13 heavy (non-hydrogen) atoms. The van der Waals surface area contributed by atoms with E-state index in [2.05, 4.69) is 4.74 Å². The van der Waals surface area contributed by atoms with Crippen molar-refractivity contribution in [2.75, 3.05) is 20.2 Å². The first kappa shape index (κ1) is 10.1. The summed E-state index contributed by atoms with van der Waals surface area (Å²) in [5, 5.41) is 0. The monoisotopic (exact) mass is 184 g/mol. The van der Waals surface area contributed by atoms with E-state index in [0.29, 0.717) is 0 Å². The Hall–Kier alpha value is -1.03. The molecule has 2 N–H and O–H groups in total. The Kier molecular flexibility index (Phi) is 3.76. The summed E-state index contributed by atoms with van der Waals surface area (Å²) in [6.45, 7) is 1.80. The van der Waals surface area contributed by atoms with E-state index in [9.17, 15) is 4.79 Å². The van der Waals surface area contributed by atoms with Crippen molar-refractivity contribution in [2.45, 2.75) is 18.9 Å². The van der Waals surface area contributed by atoms with Crippen molar-refractivity contribution < 1.29 is 9.53 Å². The van der Waals surface area contributed by atoms with Crippen LogP contribution in [0.3, 0.4) is 0 Å². The Morgan fingerprint density at radius 2 is 2.46 bits per heavy atom. The van der Waals surface area contributed by atoms with E-state index in [0.717, 1.165) is 25.9 Å². The lowest BCUT2D eigenvalue weighted by atomic mass is 10.1. The number of esters is 1. The first-order valence-corrected chi connectivity index (χ1v) is 4.48. The van der Waals surface area contributed by atoms with Crippen molar-refractivity contribution >= 4 is 5.97 Å². The van der Waals surface area contributed by atoms with Gasteiger partial charge in [-0.1, -0.05) is 0 Å². The summed E-state index contributed by atoms with van der Waals surface area (Å²) >= 11 is 0. The summed E-state index contributed by atoms with van der Waals surface area (Å²) in [5.74, 6) is -0.320. The molecule has 0 saturated carbocycles. The quantitative estimate of drug-likeness (QED) is 0.488. The number of piperidine rings is 1. The Bertz CT molecular complexity index is 204. The summed E-state index contributed by atoms with van der Waals surface area (Å²) in [6.07, 6.45) is 5.35. The second-order valence-corrected chi connectivity index (χ2v) is 3.24. The maximum absolute atomic E-state index is 10.8. The standard InChI is InChI=1S/C9H16N2O2/c1-13-9(12)4-6-11-5-2-3-8(10)7-11/h4,6,8H,2-3,5,7,10H2,1H3. The lowest BCUT2D eigenvalue weighted by Gasteiger charge is -2.29. The number of nitrogens with zero attached hydrogens (tertiary/aromatic N) is 1. The molecule has 1 aliphatic heterocycles. The van der Waals surface area contributed by atoms with Crippen LogP contribution in [0.25, 0.3) is 0 Å². The van der Waals surface area contributed by atoms with Crippen LogP contribution in [-0.4, -0.2) is 37.1 Å². The molecule has 0 spiro atoms. The fourth-order valence-corrected chi connectivity index (χ4v) is 1.41. The second-order valence-electron chi connectivity index (χ2n) is 3.24. The molecule has 1 unspecified atom stereocenters. The van der Waals surface area contributed by atoms with Gasteiger partial charge in [0.2, 0.25) is 0 Å². The van der Waals surface area contributed by atoms with Crippen LogP contribution in [0.1, 0.15) is 12.8 Å². The molecule has 0 aliphatic carbocycles. The predicted octanol–water partition coefficient (Wildman–Crippen LogP) is 0.0962. The molecule has 0 radical (unpaired) electrons. The van der Waals surface area contributed by atoms with Crippen molar-refractivity contribution in [3.63, 3.8) is 0 Å². The highest BCUT2D eigenvalue weighted by Crippen LogP contribution is 2.07. The summed E-state index contributed by atoms with van der Waals surface area (Å²) in [4.78, 5) is 12.8. The van der Waals surface area contributed by atoms with Crippen LogP contribution in [0.4, 0.5) is 0 Å². The summed E-state index contributed by atoms with van der Waals surface area (Å²) in [7, 11) is 1.37. The van der Waals surface area contributed by atoms with Gasteiger partial charge in [0.25, 0.3) is 0 Å². The van der Waals surface area contributed by atoms with Crippen LogP contribution < -0.4 is 5.73 Å². The number of methoxy groups -OCH3 is 1. The zero-order valence-corrected chi connectivity index (χ0v) is 7.90. The second kappa shape index (κ2) is 4.87. The molecule has 0 aromatic carbocycles. The third kappa shape index (κ3) is 3.46. The molecule has 0 aromatic rings. The summed E-state index contributed by atoms with van der Waals surface area (Å²) < 4.78 is 4.48. The minimum Gasteiger partial charge on any atom is -0.466 e. The number of nitrogens with two attached hydrogens (primary N) is 1. The highest BCUT2D eigenvalue weighted by Gasteiger charge is 2.13. The van der Waals surface area contributed by atoms with E-state index in [1.54, 1.807) is 6.20 Å². The fourth-order valence-electron chi connectivity index (χ4n) is 1.41. The number of hydrogen-bond donors (Lipinski definition) is 1. The Morgan fingerprint density at radius 3 is 3.08 bits per heavy atom. The maximum Gasteiger partial charge on any atom is 0.331 e. The van der Waals surface area contributed by atoms with Crippen LogP contribution in [0.15, 0.2) is 12.3 Å². The molecule has 0 bridgehead atoms. The van der Waals surface area contributed by atoms with Gasteiger partial charge >= 0.3 is 5.97 Å². The molecule has 1 saturated heterocycles. The third-order valence-electron chi connectivity index (χ3n) is 2.11. The highest BCUT2D eigenvalue weighted by molar-refractivity contribution is 5.81. The first-order chi connectivity index (χ1) is 6.22. The molecule has 0 amide bonds. The molecule has 1 fully saturated rings. The predicted molar refractivity (Wildman–Crippen MR) is 49.9 cm³/mol. The third-order valence-corrected chi connectivity index (χ3v) is 2.11. The van der Waals surface area contributed by atoms with Crippen LogP contribution in [0.5, 0.6) is 0 Å². The molecule has 4 nitrogen and oxygen atoms in total. The minimum atomic E-state index is -0.320. The molecule has 1 aliphatic rings. The van der Waals surface area contributed by atoms with Gasteiger partial charge in [0, 0.05) is 31.4 Å². The summed E-state index contributed by atoms with van der Waals surface area (Å²) in [5.41, 5.74) is 5.77. The van der Waals surface area contributed by atoms with Crippen molar-refractivity contribution in [1.82, 2.24) is 4.90 Å². The normalized spacial score (nSPS) is 23.5. The van der Waals surface area contributed by atoms with Gasteiger partial charge in [-0.05, 0) is 12.8 Å². The van der Waals surface area contributed by atoms with Crippen LogP contribution in [-0.2, 0) is 9.53 Å².